The van der Waals surface area contributed by atoms with E-state index in [1.807, 2.05) is 28.8 Å². The van der Waals surface area contributed by atoms with Crippen molar-refractivity contribution < 1.29 is 0 Å². The van der Waals surface area contributed by atoms with Crippen molar-refractivity contribution in [3.05, 3.63) is 52.6 Å². The van der Waals surface area contributed by atoms with Gasteiger partial charge in [-0.3, -0.25) is 9.39 Å². The van der Waals surface area contributed by atoms with Crippen LogP contribution in [0.2, 0.25) is 0 Å². The zero-order valence-electron chi connectivity index (χ0n) is 14.9. The molecule has 0 atom stereocenters. The summed E-state index contributed by atoms with van der Waals surface area (Å²) in [6, 6.07) is 10.2. The van der Waals surface area contributed by atoms with Crippen LogP contribution in [0.1, 0.15) is 24.0 Å². The van der Waals surface area contributed by atoms with Crippen molar-refractivity contribution in [3.8, 4) is 0 Å². The van der Waals surface area contributed by atoms with E-state index in [0.29, 0.717) is 0 Å². The Morgan fingerprint density at radius 2 is 2.08 bits per heavy atom. The number of fused-ring (bicyclic) bond motifs is 1. The molecule has 26 heavy (non-hydrogen) atoms. The number of rotatable bonds is 8. The molecule has 3 aromatic heterocycles. The molecule has 0 radical (unpaired) electrons. The molecule has 0 bridgehead atoms. The average Bonchev–Trinajstić information content (AvgIpc) is 3.28. The van der Waals surface area contributed by atoms with Crippen LogP contribution in [0.3, 0.4) is 0 Å². The number of aryl methyl sites for hydroxylation is 1. The van der Waals surface area contributed by atoms with E-state index < -0.39 is 0 Å². The van der Waals surface area contributed by atoms with Crippen molar-refractivity contribution in [1.29, 1.82) is 0 Å². The first kappa shape index (κ1) is 20.6. The quantitative estimate of drug-likeness (QED) is 0.223. The van der Waals surface area contributed by atoms with Gasteiger partial charge in [0.25, 0.3) is 0 Å². The average molecular weight is 484 g/mol. The fourth-order valence-electron chi connectivity index (χ4n) is 2.59. The SMILES string of the molecule is CCNC(=NCCCc1nnc2ccccn12)NCCc1cccs1.I. The van der Waals surface area contributed by atoms with Gasteiger partial charge in [-0.05, 0) is 43.3 Å². The van der Waals surface area contributed by atoms with Gasteiger partial charge < -0.3 is 10.6 Å². The minimum absolute atomic E-state index is 0. The Hall–Kier alpha value is -1.68. The molecule has 3 heterocycles. The van der Waals surface area contributed by atoms with E-state index in [1.165, 1.54) is 4.88 Å². The number of guanidine groups is 1. The minimum Gasteiger partial charge on any atom is -0.357 e. The van der Waals surface area contributed by atoms with Gasteiger partial charge in [0.1, 0.15) is 5.82 Å². The Morgan fingerprint density at radius 3 is 2.88 bits per heavy atom. The lowest BCUT2D eigenvalue weighted by molar-refractivity contribution is 0.751. The molecular formula is C18H25IN6S. The van der Waals surface area contributed by atoms with Gasteiger partial charge in [0, 0.05) is 37.1 Å². The van der Waals surface area contributed by atoms with Gasteiger partial charge >= 0.3 is 0 Å². The van der Waals surface area contributed by atoms with Crippen LogP contribution < -0.4 is 10.6 Å². The van der Waals surface area contributed by atoms with Gasteiger partial charge in [-0.25, -0.2) is 0 Å². The molecule has 0 amide bonds. The molecule has 3 aromatic rings. The summed E-state index contributed by atoms with van der Waals surface area (Å²) in [7, 11) is 0. The molecule has 8 heteroatoms. The largest absolute Gasteiger partial charge is 0.357 e. The summed E-state index contributed by atoms with van der Waals surface area (Å²) in [6.07, 6.45) is 4.83. The third-order valence-corrected chi connectivity index (χ3v) is 4.74. The van der Waals surface area contributed by atoms with E-state index >= 15 is 0 Å². The van der Waals surface area contributed by atoms with Crippen LogP contribution in [-0.2, 0) is 12.8 Å². The number of aromatic nitrogens is 3. The zero-order valence-corrected chi connectivity index (χ0v) is 18.0. The predicted molar refractivity (Wildman–Crippen MR) is 119 cm³/mol. The third-order valence-electron chi connectivity index (χ3n) is 3.80. The number of pyridine rings is 1. The predicted octanol–water partition coefficient (Wildman–Crippen LogP) is 3.14. The van der Waals surface area contributed by atoms with Crippen molar-refractivity contribution in [2.45, 2.75) is 26.2 Å². The van der Waals surface area contributed by atoms with Crippen LogP contribution in [0.25, 0.3) is 5.65 Å². The molecular weight excluding hydrogens is 459 g/mol. The fourth-order valence-corrected chi connectivity index (χ4v) is 3.30. The highest BCUT2D eigenvalue weighted by Gasteiger charge is 2.04. The molecule has 6 nitrogen and oxygen atoms in total. The van der Waals surface area contributed by atoms with Crippen LogP contribution >= 0.6 is 35.3 Å². The smallest absolute Gasteiger partial charge is 0.191 e. The molecule has 2 N–H and O–H groups in total. The van der Waals surface area contributed by atoms with Crippen molar-refractivity contribution in [1.82, 2.24) is 25.2 Å². The van der Waals surface area contributed by atoms with Crippen molar-refractivity contribution in [3.63, 3.8) is 0 Å². The van der Waals surface area contributed by atoms with Crippen LogP contribution in [0.15, 0.2) is 46.9 Å². The van der Waals surface area contributed by atoms with Crippen LogP contribution in [-0.4, -0.2) is 40.2 Å². The first-order valence-electron chi connectivity index (χ1n) is 8.70. The lowest BCUT2D eigenvalue weighted by Crippen LogP contribution is -2.38. The number of aliphatic imine (C=N–C) groups is 1. The van der Waals surface area contributed by atoms with Gasteiger partial charge in [-0.2, -0.15) is 0 Å². The second-order valence-corrected chi connectivity index (χ2v) is 6.70. The maximum atomic E-state index is 4.65. The highest BCUT2D eigenvalue weighted by Crippen LogP contribution is 2.08. The number of nitrogens with one attached hydrogen (secondary N) is 2. The number of thiophene rings is 1. The second kappa shape index (κ2) is 11.1. The van der Waals surface area contributed by atoms with Crippen LogP contribution in [0, 0.1) is 0 Å². The summed E-state index contributed by atoms with van der Waals surface area (Å²) in [6.45, 7) is 4.59. The second-order valence-electron chi connectivity index (χ2n) is 5.67. The molecule has 3 rings (SSSR count). The highest BCUT2D eigenvalue weighted by atomic mass is 127. The summed E-state index contributed by atoms with van der Waals surface area (Å²) in [5, 5.41) is 17.2. The maximum Gasteiger partial charge on any atom is 0.191 e. The van der Waals surface area contributed by atoms with Crippen LogP contribution in [0.4, 0.5) is 0 Å². The first-order valence-corrected chi connectivity index (χ1v) is 9.58. The molecule has 0 spiro atoms. The molecule has 0 unspecified atom stereocenters. The molecule has 0 aliphatic rings. The minimum atomic E-state index is 0. The standard InChI is InChI=1S/C18H24N6S.HI/c1-2-19-18(21-12-10-15-7-6-14-25-15)20-11-5-9-17-23-22-16-8-3-4-13-24(16)17;/h3-4,6-8,13-14H,2,5,9-12H2,1H3,(H2,19,20,21);1H. The number of nitrogens with zero attached hydrogens (tertiary/aromatic N) is 4. The first-order chi connectivity index (χ1) is 12.4. The maximum absolute atomic E-state index is 4.65. The van der Waals surface area contributed by atoms with E-state index in [-0.39, 0.29) is 24.0 Å². The lowest BCUT2D eigenvalue weighted by atomic mass is 10.3. The monoisotopic (exact) mass is 484 g/mol. The zero-order chi connectivity index (χ0) is 17.3. The topological polar surface area (TPSA) is 66.6 Å². The summed E-state index contributed by atoms with van der Waals surface area (Å²) in [5.74, 6) is 1.87. The molecule has 0 fully saturated rings. The molecule has 140 valence electrons. The number of hydrogen-bond donors (Lipinski definition) is 2. The molecule has 0 saturated heterocycles. The van der Waals surface area contributed by atoms with Crippen molar-refractivity contribution in [2.24, 2.45) is 4.99 Å². The molecule has 0 aliphatic carbocycles. The number of hydrogen-bond acceptors (Lipinski definition) is 4. The van der Waals surface area contributed by atoms with E-state index in [1.54, 1.807) is 11.3 Å². The molecule has 0 saturated carbocycles. The van der Waals surface area contributed by atoms with Gasteiger partial charge in [0.2, 0.25) is 0 Å². The van der Waals surface area contributed by atoms with E-state index in [9.17, 15) is 0 Å². The van der Waals surface area contributed by atoms with Gasteiger partial charge in [-0.1, -0.05) is 12.1 Å². The van der Waals surface area contributed by atoms with E-state index in [2.05, 4.69) is 50.3 Å². The highest BCUT2D eigenvalue weighted by molar-refractivity contribution is 14.0. The Bertz CT molecular complexity index is 799. The number of halogens is 1. The normalized spacial score (nSPS) is 11.3. The Kier molecular flexibility index (Phi) is 8.82. The Labute approximate surface area is 175 Å². The lowest BCUT2D eigenvalue weighted by Gasteiger charge is -2.10. The molecule has 0 aliphatic heterocycles. The summed E-state index contributed by atoms with van der Waals surface area (Å²) >= 11 is 1.79. The summed E-state index contributed by atoms with van der Waals surface area (Å²) in [4.78, 5) is 6.04. The van der Waals surface area contributed by atoms with Crippen molar-refractivity contribution in [2.75, 3.05) is 19.6 Å². The Balaban J connectivity index is 0.00000243. The van der Waals surface area contributed by atoms with Gasteiger partial charge in [0.05, 0.1) is 0 Å². The van der Waals surface area contributed by atoms with Crippen LogP contribution in [0.5, 0.6) is 0 Å². The van der Waals surface area contributed by atoms with Gasteiger partial charge in [0.15, 0.2) is 11.6 Å². The Morgan fingerprint density at radius 1 is 1.15 bits per heavy atom. The molecule has 0 aromatic carbocycles. The third kappa shape index (κ3) is 5.94. The van der Waals surface area contributed by atoms with E-state index in [4.69, 9.17) is 0 Å². The van der Waals surface area contributed by atoms with Gasteiger partial charge in [-0.15, -0.1) is 45.5 Å². The summed E-state index contributed by atoms with van der Waals surface area (Å²) < 4.78 is 2.04. The van der Waals surface area contributed by atoms with E-state index in [0.717, 1.165) is 56.3 Å². The fraction of sp³-hybridized carbons (Fsp3) is 0.389. The summed E-state index contributed by atoms with van der Waals surface area (Å²) in [5.41, 5.74) is 0.893. The van der Waals surface area contributed by atoms with Crippen molar-refractivity contribution >= 4 is 46.9 Å².